The van der Waals surface area contributed by atoms with Crippen LogP contribution in [0.3, 0.4) is 0 Å². The Balaban J connectivity index is 2.31. The average molecular weight is 215 g/mol. The van der Waals surface area contributed by atoms with Crippen LogP contribution >= 0.6 is 0 Å². The minimum absolute atomic E-state index is 0.219. The highest BCUT2D eigenvalue weighted by molar-refractivity contribution is 5.73. The van der Waals surface area contributed by atoms with Crippen molar-refractivity contribution in [3.8, 4) is 0 Å². The zero-order valence-electron chi connectivity index (χ0n) is 9.37. The van der Waals surface area contributed by atoms with Crippen LogP contribution in [0.2, 0.25) is 0 Å². The minimum atomic E-state index is -0.742. The maximum Gasteiger partial charge on any atom is 0.320 e. The van der Waals surface area contributed by atoms with Gasteiger partial charge in [0, 0.05) is 12.6 Å². The first-order chi connectivity index (χ1) is 7.24. The van der Waals surface area contributed by atoms with Gasteiger partial charge in [-0.2, -0.15) is 0 Å². The van der Waals surface area contributed by atoms with Crippen molar-refractivity contribution < 1.29 is 14.6 Å². The lowest BCUT2D eigenvalue weighted by atomic mass is 10.1. The van der Waals surface area contributed by atoms with Gasteiger partial charge >= 0.3 is 5.97 Å². The summed E-state index contributed by atoms with van der Waals surface area (Å²) in [5.74, 6) is -0.742. The largest absolute Gasteiger partial charge is 0.480 e. The van der Waals surface area contributed by atoms with Gasteiger partial charge in [0.05, 0.1) is 6.61 Å². The molecule has 0 saturated carbocycles. The molecule has 1 saturated heterocycles. The molecule has 0 amide bonds. The van der Waals surface area contributed by atoms with Crippen LogP contribution in [-0.2, 0) is 9.53 Å². The van der Waals surface area contributed by atoms with Gasteiger partial charge in [-0.3, -0.25) is 10.1 Å². The molecular weight excluding hydrogens is 194 g/mol. The summed E-state index contributed by atoms with van der Waals surface area (Å²) < 4.78 is 5.31. The highest BCUT2D eigenvalue weighted by atomic mass is 16.5. The van der Waals surface area contributed by atoms with Crippen molar-refractivity contribution in [3.05, 3.63) is 0 Å². The lowest BCUT2D eigenvalue weighted by molar-refractivity contribution is -0.140. The second-order valence-electron chi connectivity index (χ2n) is 4.11. The Labute approximate surface area is 91.0 Å². The monoisotopic (exact) mass is 215 g/mol. The molecule has 15 heavy (non-hydrogen) atoms. The van der Waals surface area contributed by atoms with Gasteiger partial charge in [-0.05, 0) is 19.3 Å². The number of carbonyl (C=O) groups is 1. The van der Waals surface area contributed by atoms with Gasteiger partial charge < -0.3 is 9.84 Å². The number of ether oxygens (including phenoxy) is 1. The van der Waals surface area contributed by atoms with Crippen LogP contribution in [-0.4, -0.2) is 36.4 Å². The number of unbranched alkanes of at least 4 members (excludes halogenated alkanes) is 1. The Kier molecular flexibility index (Phi) is 5.65. The molecule has 0 bridgehead atoms. The zero-order chi connectivity index (χ0) is 11.1. The summed E-state index contributed by atoms with van der Waals surface area (Å²) in [7, 11) is 0. The molecule has 1 aliphatic heterocycles. The highest BCUT2D eigenvalue weighted by Crippen LogP contribution is 2.09. The molecule has 1 heterocycles. The minimum Gasteiger partial charge on any atom is -0.480 e. The fourth-order valence-corrected chi connectivity index (χ4v) is 1.84. The third kappa shape index (κ3) is 4.62. The van der Waals surface area contributed by atoms with Crippen LogP contribution in [0.25, 0.3) is 0 Å². The third-order valence-electron chi connectivity index (χ3n) is 2.74. The molecule has 0 aromatic rings. The quantitative estimate of drug-likeness (QED) is 0.703. The number of aliphatic carboxylic acids is 1. The fraction of sp³-hybridized carbons (Fsp3) is 0.909. The van der Waals surface area contributed by atoms with Crippen LogP contribution in [0.1, 0.15) is 39.0 Å². The summed E-state index contributed by atoms with van der Waals surface area (Å²) in [5.41, 5.74) is 0. The highest BCUT2D eigenvalue weighted by Gasteiger charge is 2.22. The van der Waals surface area contributed by atoms with E-state index in [1.807, 2.05) is 0 Å². The second-order valence-corrected chi connectivity index (χ2v) is 4.11. The second kappa shape index (κ2) is 6.80. The molecule has 0 aliphatic carbocycles. The van der Waals surface area contributed by atoms with Crippen LogP contribution in [0.5, 0.6) is 0 Å². The Hall–Kier alpha value is -0.610. The van der Waals surface area contributed by atoms with Crippen molar-refractivity contribution >= 4 is 5.97 Å². The third-order valence-corrected chi connectivity index (χ3v) is 2.74. The standard InChI is InChI=1S/C11H21NO3/c1-2-3-6-10(11(13)14)12-9-5-4-7-15-8-9/h9-10,12H,2-8H2,1H3,(H,13,14). The predicted octanol–water partition coefficient (Wildman–Crippen LogP) is 1.40. The molecule has 0 spiro atoms. The molecule has 1 fully saturated rings. The summed E-state index contributed by atoms with van der Waals surface area (Å²) in [4.78, 5) is 11.0. The molecule has 1 aliphatic rings. The molecule has 0 radical (unpaired) electrons. The summed E-state index contributed by atoms with van der Waals surface area (Å²) in [5, 5.41) is 12.2. The Bertz CT molecular complexity index is 190. The maximum atomic E-state index is 11.0. The molecule has 88 valence electrons. The SMILES string of the molecule is CCCCC(NC1CCCOC1)C(=O)O. The van der Waals surface area contributed by atoms with Crippen molar-refractivity contribution in [1.82, 2.24) is 5.32 Å². The van der Waals surface area contributed by atoms with Crippen molar-refractivity contribution in [3.63, 3.8) is 0 Å². The fourth-order valence-electron chi connectivity index (χ4n) is 1.84. The topological polar surface area (TPSA) is 58.6 Å². The number of nitrogens with one attached hydrogen (secondary N) is 1. The molecule has 2 atom stereocenters. The average Bonchev–Trinajstić information content (AvgIpc) is 2.25. The van der Waals surface area contributed by atoms with Crippen molar-refractivity contribution in [2.75, 3.05) is 13.2 Å². The molecule has 0 aromatic carbocycles. The van der Waals surface area contributed by atoms with Gasteiger partial charge in [0.15, 0.2) is 0 Å². The van der Waals surface area contributed by atoms with Gasteiger partial charge in [-0.1, -0.05) is 19.8 Å². The number of hydrogen-bond acceptors (Lipinski definition) is 3. The van der Waals surface area contributed by atoms with Gasteiger partial charge in [-0.25, -0.2) is 0 Å². The zero-order valence-corrected chi connectivity index (χ0v) is 9.37. The number of carboxylic acids is 1. The van der Waals surface area contributed by atoms with E-state index in [4.69, 9.17) is 9.84 Å². The van der Waals surface area contributed by atoms with E-state index in [0.29, 0.717) is 13.0 Å². The van der Waals surface area contributed by atoms with E-state index in [1.54, 1.807) is 0 Å². The summed E-state index contributed by atoms with van der Waals surface area (Å²) in [6, 6.07) is -0.187. The lowest BCUT2D eigenvalue weighted by Gasteiger charge is -2.26. The van der Waals surface area contributed by atoms with Crippen LogP contribution in [0.15, 0.2) is 0 Å². The Morgan fingerprint density at radius 1 is 1.67 bits per heavy atom. The van der Waals surface area contributed by atoms with Crippen LogP contribution in [0, 0.1) is 0 Å². The first-order valence-electron chi connectivity index (χ1n) is 5.80. The Morgan fingerprint density at radius 3 is 3.00 bits per heavy atom. The van der Waals surface area contributed by atoms with Crippen molar-refractivity contribution in [2.45, 2.75) is 51.1 Å². The summed E-state index contributed by atoms with van der Waals surface area (Å²) in [6.07, 6.45) is 4.75. The normalized spacial score (nSPS) is 23.7. The summed E-state index contributed by atoms with van der Waals surface area (Å²) in [6.45, 7) is 3.53. The van der Waals surface area contributed by atoms with E-state index in [-0.39, 0.29) is 6.04 Å². The maximum absolute atomic E-state index is 11.0. The van der Waals surface area contributed by atoms with Gasteiger partial charge in [0.25, 0.3) is 0 Å². The molecule has 1 rings (SSSR count). The summed E-state index contributed by atoms with van der Waals surface area (Å²) >= 11 is 0. The number of rotatable bonds is 6. The first-order valence-corrected chi connectivity index (χ1v) is 5.80. The number of hydrogen-bond donors (Lipinski definition) is 2. The molecule has 0 aromatic heterocycles. The first kappa shape index (κ1) is 12.5. The lowest BCUT2D eigenvalue weighted by Crippen LogP contribution is -2.46. The van der Waals surface area contributed by atoms with E-state index in [2.05, 4.69) is 12.2 Å². The van der Waals surface area contributed by atoms with Crippen LogP contribution in [0.4, 0.5) is 0 Å². The molecule has 2 N–H and O–H groups in total. The van der Waals surface area contributed by atoms with Gasteiger partial charge in [0.1, 0.15) is 6.04 Å². The number of carboxylic acid groups (broad SMARTS) is 1. The van der Waals surface area contributed by atoms with E-state index in [0.717, 1.165) is 32.3 Å². The molecule has 2 unspecified atom stereocenters. The molecule has 4 heteroatoms. The van der Waals surface area contributed by atoms with Crippen LogP contribution < -0.4 is 5.32 Å². The van der Waals surface area contributed by atoms with E-state index < -0.39 is 12.0 Å². The Morgan fingerprint density at radius 2 is 2.47 bits per heavy atom. The smallest absolute Gasteiger partial charge is 0.320 e. The molecule has 4 nitrogen and oxygen atoms in total. The predicted molar refractivity (Wildman–Crippen MR) is 57.9 cm³/mol. The molecular formula is C11H21NO3. The van der Waals surface area contributed by atoms with E-state index in [1.165, 1.54) is 0 Å². The van der Waals surface area contributed by atoms with Gasteiger partial charge in [0.2, 0.25) is 0 Å². The van der Waals surface area contributed by atoms with Crippen molar-refractivity contribution in [2.24, 2.45) is 0 Å². The van der Waals surface area contributed by atoms with E-state index >= 15 is 0 Å². The van der Waals surface area contributed by atoms with E-state index in [9.17, 15) is 4.79 Å². The van der Waals surface area contributed by atoms with Crippen molar-refractivity contribution in [1.29, 1.82) is 0 Å². The van der Waals surface area contributed by atoms with Gasteiger partial charge in [-0.15, -0.1) is 0 Å².